The SMILES string of the molecule is CCOC(=O)C1=C(C)NC(=S)N[C@@H]1c1cccc(OC2CCCC2)c1. The first kappa shape index (κ1) is 17.7. The third-order valence-electron chi connectivity index (χ3n) is 4.56. The van der Waals surface area contributed by atoms with E-state index in [2.05, 4.69) is 10.6 Å². The minimum Gasteiger partial charge on any atom is -0.490 e. The van der Waals surface area contributed by atoms with Gasteiger partial charge in [0.25, 0.3) is 0 Å². The molecule has 0 spiro atoms. The lowest BCUT2D eigenvalue weighted by Crippen LogP contribution is -2.45. The van der Waals surface area contributed by atoms with Gasteiger partial charge in [-0.2, -0.15) is 0 Å². The van der Waals surface area contributed by atoms with Gasteiger partial charge in [-0.05, 0) is 69.4 Å². The molecule has 0 bridgehead atoms. The molecule has 1 aliphatic carbocycles. The van der Waals surface area contributed by atoms with Gasteiger partial charge >= 0.3 is 5.97 Å². The summed E-state index contributed by atoms with van der Waals surface area (Å²) in [6.07, 6.45) is 4.95. The molecule has 1 heterocycles. The Bertz CT molecular complexity index is 696. The van der Waals surface area contributed by atoms with Crippen LogP contribution in [-0.4, -0.2) is 23.8 Å². The molecule has 6 heteroatoms. The monoisotopic (exact) mass is 360 g/mol. The van der Waals surface area contributed by atoms with Crippen LogP contribution >= 0.6 is 12.2 Å². The fourth-order valence-corrected chi connectivity index (χ4v) is 3.66. The van der Waals surface area contributed by atoms with E-state index in [4.69, 9.17) is 21.7 Å². The highest BCUT2D eigenvalue weighted by Gasteiger charge is 2.31. The van der Waals surface area contributed by atoms with Crippen LogP contribution in [0.15, 0.2) is 35.5 Å². The predicted octanol–water partition coefficient (Wildman–Crippen LogP) is 3.36. The summed E-state index contributed by atoms with van der Waals surface area (Å²) in [7, 11) is 0. The van der Waals surface area contributed by atoms with E-state index >= 15 is 0 Å². The number of benzene rings is 1. The summed E-state index contributed by atoms with van der Waals surface area (Å²) < 4.78 is 11.3. The Kier molecular flexibility index (Phi) is 5.58. The number of esters is 1. The molecule has 3 rings (SSSR count). The number of hydrogen-bond donors (Lipinski definition) is 2. The van der Waals surface area contributed by atoms with Gasteiger partial charge in [0.1, 0.15) is 5.75 Å². The van der Waals surface area contributed by atoms with Crippen LogP contribution in [0.1, 0.15) is 51.1 Å². The second kappa shape index (κ2) is 7.87. The van der Waals surface area contributed by atoms with Crippen molar-refractivity contribution >= 4 is 23.3 Å². The molecular formula is C19H24N2O3S. The third kappa shape index (κ3) is 4.12. The Morgan fingerprint density at radius 3 is 2.80 bits per heavy atom. The van der Waals surface area contributed by atoms with Gasteiger partial charge in [-0.1, -0.05) is 12.1 Å². The molecule has 1 fully saturated rings. The normalized spacial score (nSPS) is 20.9. The van der Waals surface area contributed by atoms with Crippen molar-refractivity contribution in [2.75, 3.05) is 6.61 Å². The van der Waals surface area contributed by atoms with Crippen LogP contribution in [0.5, 0.6) is 5.75 Å². The molecule has 2 aliphatic rings. The first-order valence-electron chi connectivity index (χ1n) is 8.80. The molecule has 25 heavy (non-hydrogen) atoms. The maximum absolute atomic E-state index is 12.4. The lowest BCUT2D eigenvalue weighted by molar-refractivity contribution is -0.139. The van der Waals surface area contributed by atoms with Gasteiger partial charge in [0, 0.05) is 5.70 Å². The average Bonchev–Trinajstić information content (AvgIpc) is 3.07. The first-order valence-corrected chi connectivity index (χ1v) is 9.21. The van der Waals surface area contributed by atoms with Gasteiger partial charge in [0.15, 0.2) is 5.11 Å². The fourth-order valence-electron chi connectivity index (χ4n) is 3.39. The fraction of sp³-hybridized carbons (Fsp3) is 0.474. The number of thiocarbonyl (C=S) groups is 1. The zero-order valence-corrected chi connectivity index (χ0v) is 15.4. The molecule has 1 saturated carbocycles. The van der Waals surface area contributed by atoms with Crippen LogP contribution in [0.3, 0.4) is 0 Å². The van der Waals surface area contributed by atoms with Crippen molar-refractivity contribution in [1.82, 2.24) is 10.6 Å². The Balaban J connectivity index is 1.88. The number of rotatable bonds is 5. The summed E-state index contributed by atoms with van der Waals surface area (Å²) in [6, 6.07) is 7.52. The number of hydrogen-bond acceptors (Lipinski definition) is 4. The molecule has 1 atom stereocenters. The quantitative estimate of drug-likeness (QED) is 0.620. The van der Waals surface area contributed by atoms with Crippen molar-refractivity contribution < 1.29 is 14.3 Å². The molecule has 0 amide bonds. The van der Waals surface area contributed by atoms with E-state index in [1.807, 2.05) is 31.2 Å². The standard InChI is InChI=1S/C19H24N2O3S/c1-3-23-18(22)16-12(2)20-19(25)21-17(16)13-7-6-10-15(11-13)24-14-8-4-5-9-14/h6-7,10-11,14,17H,3-5,8-9H2,1-2H3,(H2,20,21,25)/t17-/m1/s1. The molecule has 1 aliphatic heterocycles. The molecule has 0 radical (unpaired) electrons. The minimum absolute atomic E-state index is 0.291. The van der Waals surface area contributed by atoms with Gasteiger partial charge in [0.05, 0.1) is 24.3 Å². The topological polar surface area (TPSA) is 59.6 Å². The molecule has 1 aromatic rings. The number of allylic oxidation sites excluding steroid dienone is 1. The first-order chi connectivity index (χ1) is 12.1. The lowest BCUT2D eigenvalue weighted by atomic mass is 9.95. The third-order valence-corrected chi connectivity index (χ3v) is 4.78. The van der Waals surface area contributed by atoms with E-state index in [0.717, 1.165) is 24.2 Å². The van der Waals surface area contributed by atoms with Crippen LogP contribution < -0.4 is 15.4 Å². The van der Waals surface area contributed by atoms with Gasteiger partial charge in [-0.15, -0.1) is 0 Å². The van der Waals surface area contributed by atoms with Gasteiger partial charge in [-0.3, -0.25) is 0 Å². The molecule has 2 N–H and O–H groups in total. The highest BCUT2D eigenvalue weighted by atomic mass is 32.1. The molecular weight excluding hydrogens is 336 g/mol. The summed E-state index contributed by atoms with van der Waals surface area (Å²) in [5.41, 5.74) is 2.20. The van der Waals surface area contributed by atoms with Crippen LogP contribution in [0.2, 0.25) is 0 Å². The highest BCUT2D eigenvalue weighted by Crippen LogP contribution is 2.31. The second-order valence-corrected chi connectivity index (χ2v) is 6.80. The zero-order chi connectivity index (χ0) is 17.8. The molecule has 0 aromatic heterocycles. The highest BCUT2D eigenvalue weighted by molar-refractivity contribution is 7.80. The maximum atomic E-state index is 12.4. The summed E-state index contributed by atoms with van der Waals surface area (Å²) in [5.74, 6) is 0.492. The van der Waals surface area contributed by atoms with Crippen LogP contribution in [-0.2, 0) is 9.53 Å². The zero-order valence-electron chi connectivity index (χ0n) is 14.6. The summed E-state index contributed by atoms with van der Waals surface area (Å²) in [4.78, 5) is 12.4. The smallest absolute Gasteiger partial charge is 0.338 e. The number of carbonyl (C=O) groups is 1. The molecule has 1 aromatic carbocycles. The van der Waals surface area contributed by atoms with E-state index in [1.54, 1.807) is 6.92 Å². The Morgan fingerprint density at radius 1 is 1.32 bits per heavy atom. The van der Waals surface area contributed by atoms with Crippen molar-refractivity contribution in [3.05, 3.63) is 41.1 Å². The van der Waals surface area contributed by atoms with Crippen LogP contribution in [0.4, 0.5) is 0 Å². The number of nitrogens with one attached hydrogen (secondary N) is 2. The summed E-state index contributed by atoms with van der Waals surface area (Å²) in [5, 5.41) is 6.69. The number of carbonyl (C=O) groups excluding carboxylic acids is 1. The Morgan fingerprint density at radius 2 is 2.08 bits per heavy atom. The molecule has 134 valence electrons. The van der Waals surface area contributed by atoms with Crippen LogP contribution in [0, 0.1) is 0 Å². The van der Waals surface area contributed by atoms with Crippen LogP contribution in [0.25, 0.3) is 0 Å². The van der Waals surface area contributed by atoms with E-state index in [0.29, 0.717) is 29.1 Å². The largest absolute Gasteiger partial charge is 0.490 e. The predicted molar refractivity (Wildman–Crippen MR) is 100 cm³/mol. The van der Waals surface area contributed by atoms with E-state index in [1.165, 1.54) is 12.8 Å². The second-order valence-electron chi connectivity index (χ2n) is 6.39. The van der Waals surface area contributed by atoms with Crippen molar-refractivity contribution in [1.29, 1.82) is 0 Å². The van der Waals surface area contributed by atoms with E-state index in [9.17, 15) is 4.79 Å². The van der Waals surface area contributed by atoms with Crippen molar-refractivity contribution in [2.45, 2.75) is 51.7 Å². The molecule has 5 nitrogen and oxygen atoms in total. The summed E-state index contributed by atoms with van der Waals surface area (Å²) >= 11 is 5.27. The van der Waals surface area contributed by atoms with Gasteiger partial charge in [-0.25, -0.2) is 4.79 Å². The Hall–Kier alpha value is -2.08. The van der Waals surface area contributed by atoms with Crippen molar-refractivity contribution in [3.63, 3.8) is 0 Å². The Labute approximate surface area is 153 Å². The van der Waals surface area contributed by atoms with Gasteiger partial charge in [0.2, 0.25) is 0 Å². The van der Waals surface area contributed by atoms with E-state index in [-0.39, 0.29) is 12.0 Å². The molecule has 0 saturated heterocycles. The average molecular weight is 360 g/mol. The minimum atomic E-state index is -0.347. The van der Waals surface area contributed by atoms with E-state index < -0.39 is 0 Å². The molecule has 0 unspecified atom stereocenters. The lowest BCUT2D eigenvalue weighted by Gasteiger charge is -2.30. The summed E-state index contributed by atoms with van der Waals surface area (Å²) in [6.45, 7) is 3.97. The van der Waals surface area contributed by atoms with Gasteiger partial charge < -0.3 is 20.1 Å². The van der Waals surface area contributed by atoms with Crippen molar-refractivity contribution in [3.8, 4) is 5.75 Å². The van der Waals surface area contributed by atoms with Crippen molar-refractivity contribution in [2.24, 2.45) is 0 Å². The number of ether oxygens (including phenoxy) is 2. The maximum Gasteiger partial charge on any atom is 0.338 e.